The number of ether oxygens (including phenoxy) is 2. The maximum absolute atomic E-state index is 12.2. The first-order chi connectivity index (χ1) is 10.7. The maximum Gasteiger partial charge on any atom is 0.422 e. The van der Waals surface area contributed by atoms with Crippen LogP contribution in [-0.2, 0) is 9.53 Å². The standard InChI is InChI=1S/C14H17F3N2O4/c1-9(2)23-11(20)5-7-18-12(21)10-4-3-6-19-13(10)22-8-14(15,16)17/h3-4,6,9H,5,7-8H2,1-2H3,(H,18,21). The van der Waals surface area contributed by atoms with E-state index < -0.39 is 30.5 Å². The summed E-state index contributed by atoms with van der Waals surface area (Å²) >= 11 is 0. The number of amides is 1. The molecule has 6 nitrogen and oxygen atoms in total. The lowest BCUT2D eigenvalue weighted by Crippen LogP contribution is -2.28. The zero-order chi connectivity index (χ0) is 17.5. The number of carbonyl (C=O) groups is 2. The third-order valence-corrected chi connectivity index (χ3v) is 2.37. The average Bonchev–Trinajstić information content (AvgIpc) is 2.43. The first-order valence-electron chi connectivity index (χ1n) is 6.81. The van der Waals surface area contributed by atoms with Crippen molar-refractivity contribution in [1.82, 2.24) is 10.3 Å². The van der Waals surface area contributed by atoms with E-state index in [9.17, 15) is 22.8 Å². The number of nitrogens with zero attached hydrogens (tertiary/aromatic N) is 1. The molecule has 1 heterocycles. The minimum absolute atomic E-state index is 0.0159. The number of halogens is 3. The predicted molar refractivity (Wildman–Crippen MR) is 74.0 cm³/mol. The van der Waals surface area contributed by atoms with Gasteiger partial charge in [-0.15, -0.1) is 0 Å². The van der Waals surface area contributed by atoms with Crippen LogP contribution in [0, 0.1) is 0 Å². The van der Waals surface area contributed by atoms with Crippen molar-refractivity contribution >= 4 is 11.9 Å². The topological polar surface area (TPSA) is 77.5 Å². The highest BCUT2D eigenvalue weighted by molar-refractivity contribution is 5.96. The van der Waals surface area contributed by atoms with Crippen LogP contribution in [0.3, 0.4) is 0 Å². The van der Waals surface area contributed by atoms with Gasteiger partial charge < -0.3 is 14.8 Å². The predicted octanol–water partition coefficient (Wildman–Crippen LogP) is 2.09. The number of rotatable bonds is 7. The number of hydrogen-bond acceptors (Lipinski definition) is 5. The van der Waals surface area contributed by atoms with E-state index in [4.69, 9.17) is 4.74 Å². The van der Waals surface area contributed by atoms with Gasteiger partial charge in [0.1, 0.15) is 5.56 Å². The van der Waals surface area contributed by atoms with E-state index in [1.807, 2.05) is 0 Å². The van der Waals surface area contributed by atoms with E-state index in [0.717, 1.165) is 0 Å². The molecule has 0 aliphatic carbocycles. The summed E-state index contributed by atoms with van der Waals surface area (Å²) in [5.74, 6) is -1.60. The molecular weight excluding hydrogens is 317 g/mol. The van der Waals surface area contributed by atoms with Crippen LogP contribution in [0.25, 0.3) is 0 Å². The van der Waals surface area contributed by atoms with Crippen LogP contribution in [0.2, 0.25) is 0 Å². The molecule has 1 rings (SSSR count). The Bertz CT molecular complexity index is 547. The summed E-state index contributed by atoms with van der Waals surface area (Å²) in [4.78, 5) is 26.9. The Labute approximate surface area is 131 Å². The van der Waals surface area contributed by atoms with Gasteiger partial charge in [0.15, 0.2) is 6.61 Å². The number of pyridine rings is 1. The highest BCUT2D eigenvalue weighted by atomic mass is 19.4. The van der Waals surface area contributed by atoms with Crippen LogP contribution in [0.4, 0.5) is 13.2 Å². The molecule has 0 bridgehead atoms. The van der Waals surface area contributed by atoms with Gasteiger partial charge >= 0.3 is 12.1 Å². The molecule has 0 unspecified atom stereocenters. The van der Waals surface area contributed by atoms with Gasteiger partial charge in [-0.25, -0.2) is 4.98 Å². The molecule has 0 aliphatic heterocycles. The van der Waals surface area contributed by atoms with E-state index in [2.05, 4.69) is 15.0 Å². The van der Waals surface area contributed by atoms with Crippen LogP contribution in [0.5, 0.6) is 5.88 Å². The van der Waals surface area contributed by atoms with Crippen LogP contribution in [0.1, 0.15) is 30.6 Å². The van der Waals surface area contributed by atoms with Crippen molar-refractivity contribution < 1.29 is 32.2 Å². The van der Waals surface area contributed by atoms with E-state index in [-0.39, 0.29) is 24.6 Å². The van der Waals surface area contributed by atoms with Gasteiger partial charge in [-0.2, -0.15) is 13.2 Å². The molecule has 0 aromatic carbocycles. The van der Waals surface area contributed by atoms with Crippen molar-refractivity contribution in [3.05, 3.63) is 23.9 Å². The number of alkyl halides is 3. The summed E-state index contributed by atoms with van der Waals surface area (Å²) in [5, 5.41) is 2.40. The fourth-order valence-corrected chi connectivity index (χ4v) is 1.52. The molecule has 1 aromatic heterocycles. The molecule has 1 N–H and O–H groups in total. The van der Waals surface area contributed by atoms with Crippen LogP contribution in [-0.4, -0.2) is 42.3 Å². The lowest BCUT2D eigenvalue weighted by molar-refractivity contribution is -0.154. The monoisotopic (exact) mass is 334 g/mol. The quantitative estimate of drug-likeness (QED) is 0.773. The highest BCUT2D eigenvalue weighted by Crippen LogP contribution is 2.19. The Morgan fingerprint density at radius 1 is 1.35 bits per heavy atom. The second-order valence-corrected chi connectivity index (χ2v) is 4.80. The molecule has 0 atom stereocenters. The summed E-state index contributed by atoms with van der Waals surface area (Å²) in [6.07, 6.45) is -3.64. The van der Waals surface area contributed by atoms with E-state index >= 15 is 0 Å². The summed E-state index contributed by atoms with van der Waals surface area (Å²) in [5.41, 5.74) is -0.144. The van der Waals surface area contributed by atoms with Gasteiger partial charge in [-0.1, -0.05) is 0 Å². The largest absolute Gasteiger partial charge is 0.467 e. The van der Waals surface area contributed by atoms with Crippen molar-refractivity contribution in [2.24, 2.45) is 0 Å². The van der Waals surface area contributed by atoms with Crippen LogP contribution < -0.4 is 10.1 Å². The van der Waals surface area contributed by atoms with Gasteiger partial charge in [-0.05, 0) is 26.0 Å². The molecule has 0 saturated carbocycles. The lowest BCUT2D eigenvalue weighted by Gasteiger charge is -2.12. The van der Waals surface area contributed by atoms with Crippen LogP contribution >= 0.6 is 0 Å². The molecule has 0 spiro atoms. The molecule has 23 heavy (non-hydrogen) atoms. The Hall–Kier alpha value is -2.32. The number of nitrogens with one attached hydrogen (secondary N) is 1. The van der Waals surface area contributed by atoms with Gasteiger partial charge in [0.05, 0.1) is 12.5 Å². The molecule has 0 aliphatic rings. The van der Waals surface area contributed by atoms with Crippen molar-refractivity contribution in [1.29, 1.82) is 0 Å². The summed E-state index contributed by atoms with van der Waals surface area (Å²) in [6.45, 7) is 1.82. The van der Waals surface area contributed by atoms with Crippen LogP contribution in [0.15, 0.2) is 18.3 Å². The average molecular weight is 334 g/mol. The molecule has 0 fully saturated rings. The minimum atomic E-state index is -4.54. The molecule has 1 amide bonds. The maximum atomic E-state index is 12.2. The minimum Gasteiger partial charge on any atom is -0.467 e. The van der Waals surface area contributed by atoms with Crippen molar-refractivity contribution in [2.75, 3.05) is 13.2 Å². The number of esters is 1. The first-order valence-corrected chi connectivity index (χ1v) is 6.81. The van der Waals surface area contributed by atoms with E-state index in [1.54, 1.807) is 13.8 Å². The summed E-state index contributed by atoms with van der Waals surface area (Å²) in [6, 6.07) is 2.67. The Morgan fingerprint density at radius 2 is 2.04 bits per heavy atom. The number of hydrogen-bond donors (Lipinski definition) is 1. The Morgan fingerprint density at radius 3 is 2.65 bits per heavy atom. The number of carbonyl (C=O) groups excluding carboxylic acids is 2. The number of aromatic nitrogens is 1. The molecule has 0 saturated heterocycles. The lowest BCUT2D eigenvalue weighted by atomic mass is 10.2. The summed E-state index contributed by atoms with van der Waals surface area (Å²) < 4.78 is 45.9. The van der Waals surface area contributed by atoms with Gasteiger partial charge in [-0.3, -0.25) is 9.59 Å². The zero-order valence-electron chi connectivity index (χ0n) is 12.6. The van der Waals surface area contributed by atoms with Gasteiger partial charge in [0.2, 0.25) is 5.88 Å². The van der Waals surface area contributed by atoms with E-state index in [0.29, 0.717) is 0 Å². The third-order valence-electron chi connectivity index (χ3n) is 2.37. The van der Waals surface area contributed by atoms with E-state index in [1.165, 1.54) is 18.3 Å². The van der Waals surface area contributed by atoms with Crippen molar-refractivity contribution in [3.63, 3.8) is 0 Å². The second-order valence-electron chi connectivity index (χ2n) is 4.80. The van der Waals surface area contributed by atoms with Crippen molar-refractivity contribution in [2.45, 2.75) is 32.5 Å². The molecule has 1 aromatic rings. The normalized spacial score (nSPS) is 11.2. The zero-order valence-corrected chi connectivity index (χ0v) is 12.6. The first kappa shape index (κ1) is 18.7. The van der Waals surface area contributed by atoms with Crippen molar-refractivity contribution in [3.8, 4) is 5.88 Å². The third kappa shape index (κ3) is 7.48. The van der Waals surface area contributed by atoms with Gasteiger partial charge in [0, 0.05) is 12.7 Å². The Kier molecular flexibility index (Phi) is 6.80. The Balaban J connectivity index is 2.57. The molecular formula is C14H17F3N2O4. The fourth-order valence-electron chi connectivity index (χ4n) is 1.52. The molecule has 128 valence electrons. The molecule has 0 radical (unpaired) electrons. The fraction of sp³-hybridized carbons (Fsp3) is 0.500. The highest BCUT2D eigenvalue weighted by Gasteiger charge is 2.29. The van der Waals surface area contributed by atoms with Gasteiger partial charge in [0.25, 0.3) is 5.91 Å². The second kappa shape index (κ2) is 8.35. The SMILES string of the molecule is CC(C)OC(=O)CCNC(=O)c1cccnc1OCC(F)(F)F. The molecule has 9 heteroatoms. The smallest absolute Gasteiger partial charge is 0.422 e. The summed E-state index contributed by atoms with van der Waals surface area (Å²) in [7, 11) is 0.